The SMILES string of the molecule is O=C(C=Cc1cccc(Br)c1)Nc1ccc(Cl)cc1. The maximum Gasteiger partial charge on any atom is 0.248 e. The van der Waals surface area contributed by atoms with Crippen molar-refractivity contribution >= 4 is 45.2 Å². The molecule has 2 rings (SSSR count). The molecular weight excluding hydrogens is 326 g/mol. The summed E-state index contributed by atoms with van der Waals surface area (Å²) < 4.78 is 0.979. The van der Waals surface area contributed by atoms with Gasteiger partial charge in [0.05, 0.1) is 0 Å². The normalized spacial score (nSPS) is 10.6. The predicted molar refractivity (Wildman–Crippen MR) is 83.3 cm³/mol. The first-order chi connectivity index (χ1) is 9.13. The van der Waals surface area contributed by atoms with Crippen LogP contribution in [0.5, 0.6) is 0 Å². The summed E-state index contributed by atoms with van der Waals surface area (Å²) in [6.45, 7) is 0. The third kappa shape index (κ3) is 4.54. The Balaban J connectivity index is 1.99. The highest BCUT2D eigenvalue weighted by molar-refractivity contribution is 9.10. The largest absolute Gasteiger partial charge is 0.323 e. The molecule has 1 amide bonds. The van der Waals surface area contributed by atoms with E-state index in [1.54, 1.807) is 30.3 Å². The van der Waals surface area contributed by atoms with Gasteiger partial charge in [-0.3, -0.25) is 4.79 Å². The monoisotopic (exact) mass is 335 g/mol. The van der Waals surface area contributed by atoms with E-state index in [0.29, 0.717) is 10.7 Å². The minimum absolute atomic E-state index is 0.178. The Labute approximate surface area is 125 Å². The van der Waals surface area contributed by atoms with Gasteiger partial charge < -0.3 is 5.32 Å². The van der Waals surface area contributed by atoms with Crippen LogP contribution in [-0.2, 0) is 4.79 Å². The summed E-state index contributed by atoms with van der Waals surface area (Å²) in [6.07, 6.45) is 3.26. The molecule has 19 heavy (non-hydrogen) atoms. The molecule has 0 aliphatic heterocycles. The molecule has 0 fully saturated rings. The molecule has 0 radical (unpaired) electrons. The highest BCUT2D eigenvalue weighted by atomic mass is 79.9. The van der Waals surface area contributed by atoms with Gasteiger partial charge in [0.25, 0.3) is 0 Å². The Hall–Kier alpha value is -1.58. The Morgan fingerprint density at radius 3 is 2.58 bits per heavy atom. The second-order valence-corrected chi connectivity index (χ2v) is 5.24. The van der Waals surface area contributed by atoms with E-state index in [1.165, 1.54) is 6.08 Å². The molecule has 0 unspecified atom stereocenters. The Bertz CT molecular complexity index is 608. The highest BCUT2D eigenvalue weighted by Crippen LogP contribution is 2.14. The first-order valence-electron chi connectivity index (χ1n) is 5.64. The molecular formula is C15H11BrClNO. The molecule has 0 spiro atoms. The van der Waals surface area contributed by atoms with Crippen LogP contribution >= 0.6 is 27.5 Å². The number of nitrogens with one attached hydrogen (secondary N) is 1. The van der Waals surface area contributed by atoms with E-state index in [-0.39, 0.29) is 5.91 Å². The lowest BCUT2D eigenvalue weighted by atomic mass is 10.2. The summed E-state index contributed by atoms with van der Waals surface area (Å²) in [5, 5.41) is 3.40. The van der Waals surface area contributed by atoms with Crippen molar-refractivity contribution < 1.29 is 4.79 Å². The number of carbonyl (C=O) groups is 1. The summed E-state index contributed by atoms with van der Waals surface area (Å²) in [5.41, 5.74) is 1.67. The maximum absolute atomic E-state index is 11.7. The Morgan fingerprint density at radius 2 is 1.89 bits per heavy atom. The fourth-order valence-electron chi connectivity index (χ4n) is 1.50. The lowest BCUT2D eigenvalue weighted by Crippen LogP contribution is -2.07. The van der Waals surface area contributed by atoms with Crippen molar-refractivity contribution in [3.05, 3.63) is 69.7 Å². The fourth-order valence-corrected chi connectivity index (χ4v) is 2.04. The van der Waals surface area contributed by atoms with Gasteiger partial charge in [-0.25, -0.2) is 0 Å². The lowest BCUT2D eigenvalue weighted by Gasteiger charge is -2.01. The average Bonchev–Trinajstić information content (AvgIpc) is 2.39. The van der Waals surface area contributed by atoms with E-state index in [9.17, 15) is 4.79 Å². The Kier molecular flexibility index (Phi) is 4.77. The fraction of sp³-hybridized carbons (Fsp3) is 0. The second kappa shape index (κ2) is 6.55. The van der Waals surface area contributed by atoms with Crippen molar-refractivity contribution in [1.82, 2.24) is 0 Å². The van der Waals surface area contributed by atoms with Gasteiger partial charge >= 0.3 is 0 Å². The van der Waals surface area contributed by atoms with Gasteiger partial charge in [0.15, 0.2) is 0 Å². The predicted octanol–water partition coefficient (Wildman–Crippen LogP) is 4.75. The van der Waals surface area contributed by atoms with Crippen LogP contribution < -0.4 is 5.32 Å². The lowest BCUT2D eigenvalue weighted by molar-refractivity contribution is -0.111. The number of carbonyl (C=O) groups excluding carboxylic acids is 1. The van der Waals surface area contributed by atoms with Gasteiger partial charge in [-0.1, -0.05) is 39.7 Å². The van der Waals surface area contributed by atoms with Crippen molar-refractivity contribution in [1.29, 1.82) is 0 Å². The first-order valence-corrected chi connectivity index (χ1v) is 6.81. The summed E-state index contributed by atoms with van der Waals surface area (Å²) in [6, 6.07) is 14.7. The zero-order chi connectivity index (χ0) is 13.7. The van der Waals surface area contributed by atoms with Gasteiger partial charge in [-0.2, -0.15) is 0 Å². The maximum atomic E-state index is 11.7. The molecule has 2 nitrogen and oxygen atoms in total. The van der Waals surface area contributed by atoms with E-state index in [1.807, 2.05) is 24.3 Å². The summed E-state index contributed by atoms with van der Waals surface area (Å²) in [4.78, 5) is 11.7. The van der Waals surface area contributed by atoms with Crippen LogP contribution in [0.4, 0.5) is 5.69 Å². The molecule has 1 N–H and O–H groups in total. The van der Waals surface area contributed by atoms with Crippen LogP contribution in [0.3, 0.4) is 0 Å². The third-order valence-electron chi connectivity index (χ3n) is 2.39. The molecule has 0 aliphatic carbocycles. The first kappa shape index (κ1) is 13.8. The van der Waals surface area contributed by atoms with Crippen LogP contribution in [0.15, 0.2) is 59.1 Å². The van der Waals surface area contributed by atoms with Gasteiger partial charge in [-0.15, -0.1) is 0 Å². The molecule has 0 atom stereocenters. The third-order valence-corrected chi connectivity index (χ3v) is 3.13. The zero-order valence-corrected chi connectivity index (χ0v) is 12.3. The number of benzene rings is 2. The molecule has 0 bridgehead atoms. The zero-order valence-electron chi connectivity index (χ0n) is 9.94. The van der Waals surface area contributed by atoms with Crippen molar-refractivity contribution in [3.63, 3.8) is 0 Å². The summed E-state index contributed by atoms with van der Waals surface area (Å²) in [5.74, 6) is -0.178. The van der Waals surface area contributed by atoms with Crippen LogP contribution in [0, 0.1) is 0 Å². The molecule has 0 saturated heterocycles. The number of amides is 1. The van der Waals surface area contributed by atoms with E-state index >= 15 is 0 Å². The van der Waals surface area contributed by atoms with Gasteiger partial charge in [0.2, 0.25) is 5.91 Å². The minimum atomic E-state index is -0.178. The highest BCUT2D eigenvalue weighted by Gasteiger charge is 1.97. The van der Waals surface area contributed by atoms with Crippen molar-refractivity contribution in [2.45, 2.75) is 0 Å². The van der Waals surface area contributed by atoms with Crippen LogP contribution in [0.1, 0.15) is 5.56 Å². The minimum Gasteiger partial charge on any atom is -0.323 e. The van der Waals surface area contributed by atoms with Crippen molar-refractivity contribution in [2.75, 3.05) is 5.32 Å². The molecule has 4 heteroatoms. The van der Waals surface area contributed by atoms with Crippen LogP contribution in [0.2, 0.25) is 5.02 Å². The van der Waals surface area contributed by atoms with E-state index in [4.69, 9.17) is 11.6 Å². The second-order valence-electron chi connectivity index (χ2n) is 3.88. The number of halogens is 2. The van der Waals surface area contributed by atoms with Gasteiger partial charge in [0.1, 0.15) is 0 Å². The van der Waals surface area contributed by atoms with E-state index in [2.05, 4.69) is 21.2 Å². The molecule has 0 aliphatic rings. The van der Waals surface area contributed by atoms with Gasteiger partial charge in [0, 0.05) is 21.3 Å². The molecule has 2 aromatic carbocycles. The summed E-state index contributed by atoms with van der Waals surface area (Å²) in [7, 11) is 0. The molecule has 0 aromatic heterocycles. The van der Waals surface area contributed by atoms with Crippen LogP contribution in [0.25, 0.3) is 6.08 Å². The molecule has 2 aromatic rings. The average molecular weight is 337 g/mol. The van der Waals surface area contributed by atoms with Crippen molar-refractivity contribution in [2.24, 2.45) is 0 Å². The van der Waals surface area contributed by atoms with Gasteiger partial charge in [-0.05, 0) is 48.0 Å². The summed E-state index contributed by atoms with van der Waals surface area (Å²) >= 11 is 9.16. The van der Waals surface area contributed by atoms with Crippen molar-refractivity contribution in [3.8, 4) is 0 Å². The number of anilines is 1. The van der Waals surface area contributed by atoms with E-state index < -0.39 is 0 Å². The smallest absolute Gasteiger partial charge is 0.248 e. The molecule has 0 heterocycles. The number of rotatable bonds is 3. The van der Waals surface area contributed by atoms with Crippen LogP contribution in [-0.4, -0.2) is 5.91 Å². The molecule has 0 saturated carbocycles. The Morgan fingerprint density at radius 1 is 1.16 bits per heavy atom. The molecule has 96 valence electrons. The van der Waals surface area contributed by atoms with E-state index in [0.717, 1.165) is 10.0 Å². The number of hydrogen-bond acceptors (Lipinski definition) is 1. The standard InChI is InChI=1S/C15H11BrClNO/c16-12-3-1-2-11(10-12)4-9-15(19)18-14-7-5-13(17)6-8-14/h1-10H,(H,18,19). The quantitative estimate of drug-likeness (QED) is 0.805. The number of hydrogen-bond donors (Lipinski definition) is 1. The topological polar surface area (TPSA) is 29.1 Å².